The molecule has 1 N–H and O–H groups in total. The Hall–Kier alpha value is -4.20. The van der Waals surface area contributed by atoms with Crippen LogP contribution in [0.1, 0.15) is 21.6 Å². The van der Waals surface area contributed by atoms with E-state index in [-0.39, 0.29) is 5.91 Å². The van der Waals surface area contributed by atoms with Crippen LogP contribution in [0.25, 0.3) is 33.5 Å². The van der Waals surface area contributed by atoms with Gasteiger partial charge in [0.05, 0.1) is 22.9 Å². The summed E-state index contributed by atoms with van der Waals surface area (Å²) in [6.07, 6.45) is 1.56. The van der Waals surface area contributed by atoms with E-state index >= 15 is 0 Å². The summed E-state index contributed by atoms with van der Waals surface area (Å²) in [6, 6.07) is 11.9. The molecule has 0 radical (unpaired) electrons. The van der Waals surface area contributed by atoms with Crippen LogP contribution in [-0.4, -0.2) is 20.7 Å². The fraction of sp³-hybridized carbons (Fsp3) is 0.130. The van der Waals surface area contributed by atoms with Crippen molar-refractivity contribution < 1.29 is 13.6 Å². The molecule has 31 heavy (non-hydrogen) atoms. The first-order valence-corrected chi connectivity index (χ1v) is 9.65. The van der Waals surface area contributed by atoms with E-state index in [0.717, 1.165) is 10.9 Å². The van der Waals surface area contributed by atoms with E-state index in [4.69, 9.17) is 8.83 Å². The third kappa shape index (κ3) is 3.18. The second-order valence-corrected chi connectivity index (χ2v) is 7.35. The van der Waals surface area contributed by atoms with Gasteiger partial charge in [-0.2, -0.15) is 5.10 Å². The van der Waals surface area contributed by atoms with Gasteiger partial charge in [0.1, 0.15) is 11.3 Å². The topological polar surface area (TPSA) is 103 Å². The second kappa shape index (κ2) is 6.94. The molecule has 0 bridgehead atoms. The van der Waals surface area contributed by atoms with Crippen molar-refractivity contribution in [1.82, 2.24) is 14.8 Å². The Morgan fingerprint density at radius 3 is 2.74 bits per heavy atom. The Bertz CT molecular complexity index is 1530. The third-order valence-electron chi connectivity index (χ3n) is 5.20. The molecule has 0 aliphatic rings. The van der Waals surface area contributed by atoms with E-state index in [0.29, 0.717) is 45.0 Å². The van der Waals surface area contributed by atoms with Crippen LogP contribution in [0, 0.1) is 13.8 Å². The number of carbonyl (C=O) groups is 1. The zero-order valence-corrected chi connectivity index (χ0v) is 17.1. The quantitative estimate of drug-likeness (QED) is 0.444. The van der Waals surface area contributed by atoms with Crippen molar-refractivity contribution in [1.29, 1.82) is 0 Å². The van der Waals surface area contributed by atoms with Crippen molar-refractivity contribution >= 4 is 33.6 Å². The van der Waals surface area contributed by atoms with E-state index in [1.165, 1.54) is 6.07 Å². The summed E-state index contributed by atoms with van der Waals surface area (Å²) in [6.45, 7) is 3.67. The van der Waals surface area contributed by atoms with Crippen molar-refractivity contribution in [3.63, 3.8) is 0 Å². The van der Waals surface area contributed by atoms with E-state index in [1.807, 2.05) is 19.9 Å². The van der Waals surface area contributed by atoms with Crippen LogP contribution >= 0.6 is 0 Å². The van der Waals surface area contributed by atoms with Gasteiger partial charge in [-0.15, -0.1) is 0 Å². The summed E-state index contributed by atoms with van der Waals surface area (Å²) in [4.78, 5) is 29.6. The smallest absolute Gasteiger partial charge is 0.336 e. The number of benzene rings is 1. The molecule has 8 heteroatoms. The van der Waals surface area contributed by atoms with Crippen LogP contribution in [-0.2, 0) is 7.05 Å². The van der Waals surface area contributed by atoms with E-state index in [9.17, 15) is 9.59 Å². The lowest BCUT2D eigenvalue weighted by Crippen LogP contribution is -2.13. The number of hydrogen-bond acceptors (Lipinski definition) is 6. The van der Waals surface area contributed by atoms with Gasteiger partial charge in [-0.1, -0.05) is 0 Å². The van der Waals surface area contributed by atoms with Crippen LogP contribution < -0.4 is 10.9 Å². The predicted molar refractivity (Wildman–Crippen MR) is 116 cm³/mol. The molecular weight excluding hydrogens is 396 g/mol. The molecule has 5 aromatic rings. The number of fused-ring (bicyclic) bond motifs is 2. The number of aromatic nitrogens is 3. The number of carbonyl (C=O) groups excluding carboxylic acids is 1. The maximum atomic E-state index is 13.3. The molecule has 0 saturated heterocycles. The Morgan fingerprint density at radius 1 is 1.13 bits per heavy atom. The van der Waals surface area contributed by atoms with Gasteiger partial charge in [-0.3, -0.25) is 9.48 Å². The standard InChI is InChI=1S/C23H18N4O4/c1-12-9-20(28)31-19-10-14(6-7-15(12)19)24-23(29)16-11-17(18-5-4-8-30-18)25-22-21(16)13(2)26-27(22)3/h4-11H,1-3H3,(H,24,29). The van der Waals surface area contributed by atoms with E-state index in [2.05, 4.69) is 15.4 Å². The van der Waals surface area contributed by atoms with Crippen molar-refractivity contribution in [2.24, 2.45) is 7.05 Å². The highest BCUT2D eigenvalue weighted by atomic mass is 16.4. The van der Waals surface area contributed by atoms with Gasteiger partial charge >= 0.3 is 5.63 Å². The van der Waals surface area contributed by atoms with Crippen LogP contribution in [0.4, 0.5) is 5.69 Å². The first-order valence-electron chi connectivity index (χ1n) is 9.65. The first kappa shape index (κ1) is 18.8. The highest BCUT2D eigenvalue weighted by molar-refractivity contribution is 6.13. The first-order chi connectivity index (χ1) is 14.9. The molecule has 1 amide bonds. The largest absolute Gasteiger partial charge is 0.463 e. The average molecular weight is 414 g/mol. The lowest BCUT2D eigenvalue weighted by molar-refractivity contribution is 0.102. The van der Waals surface area contributed by atoms with Crippen LogP contribution in [0.5, 0.6) is 0 Å². The van der Waals surface area contributed by atoms with Gasteiger partial charge in [-0.05, 0) is 49.7 Å². The number of aryl methyl sites for hydroxylation is 3. The molecule has 0 aliphatic carbocycles. The number of amides is 1. The maximum Gasteiger partial charge on any atom is 0.336 e. The highest BCUT2D eigenvalue weighted by Gasteiger charge is 2.20. The molecule has 154 valence electrons. The molecule has 1 aromatic carbocycles. The number of nitrogens with zero attached hydrogens (tertiary/aromatic N) is 3. The van der Waals surface area contributed by atoms with E-state index in [1.54, 1.807) is 48.3 Å². The minimum absolute atomic E-state index is 0.328. The lowest BCUT2D eigenvalue weighted by Gasteiger charge is -2.09. The number of rotatable bonds is 3. The maximum absolute atomic E-state index is 13.3. The zero-order chi connectivity index (χ0) is 21.7. The minimum atomic E-state index is -0.432. The highest BCUT2D eigenvalue weighted by Crippen LogP contribution is 2.28. The van der Waals surface area contributed by atoms with Gasteiger partial charge in [-0.25, -0.2) is 9.78 Å². The minimum Gasteiger partial charge on any atom is -0.463 e. The number of nitrogens with one attached hydrogen (secondary N) is 1. The fourth-order valence-electron chi connectivity index (χ4n) is 3.78. The molecule has 5 rings (SSSR count). The molecule has 0 unspecified atom stereocenters. The number of hydrogen-bond donors (Lipinski definition) is 1. The number of pyridine rings is 1. The molecule has 0 spiro atoms. The molecule has 0 fully saturated rings. The SMILES string of the molecule is Cc1cc(=O)oc2cc(NC(=O)c3cc(-c4ccco4)nc4c3c(C)nn4C)ccc12. The summed E-state index contributed by atoms with van der Waals surface area (Å²) >= 11 is 0. The van der Waals surface area contributed by atoms with Gasteiger partial charge < -0.3 is 14.2 Å². The molecule has 0 saturated carbocycles. The summed E-state index contributed by atoms with van der Waals surface area (Å²) < 4.78 is 12.4. The van der Waals surface area contributed by atoms with Crippen molar-refractivity contribution in [3.05, 3.63) is 76.0 Å². The molecule has 0 atom stereocenters. The number of anilines is 1. The van der Waals surface area contributed by atoms with Gasteiger partial charge in [0, 0.05) is 30.3 Å². The summed E-state index contributed by atoms with van der Waals surface area (Å²) in [5.41, 5.74) is 3.54. The van der Waals surface area contributed by atoms with Crippen LogP contribution in [0.15, 0.2) is 62.4 Å². The van der Waals surface area contributed by atoms with Crippen molar-refractivity contribution in [2.75, 3.05) is 5.32 Å². The van der Waals surface area contributed by atoms with Crippen molar-refractivity contribution in [3.8, 4) is 11.5 Å². The molecule has 4 heterocycles. The Balaban J connectivity index is 1.61. The predicted octanol–water partition coefficient (Wildman–Crippen LogP) is 4.20. The number of furan rings is 1. The lowest BCUT2D eigenvalue weighted by atomic mass is 10.1. The monoisotopic (exact) mass is 414 g/mol. The second-order valence-electron chi connectivity index (χ2n) is 7.35. The van der Waals surface area contributed by atoms with Gasteiger partial charge in [0.2, 0.25) is 0 Å². The van der Waals surface area contributed by atoms with E-state index < -0.39 is 5.63 Å². The molecule has 8 nitrogen and oxygen atoms in total. The third-order valence-corrected chi connectivity index (χ3v) is 5.20. The molecule has 4 aromatic heterocycles. The van der Waals surface area contributed by atoms with Gasteiger partial charge in [0.25, 0.3) is 5.91 Å². The normalized spacial score (nSPS) is 11.3. The zero-order valence-electron chi connectivity index (χ0n) is 17.1. The Morgan fingerprint density at radius 2 is 1.97 bits per heavy atom. The molecule has 0 aliphatic heterocycles. The Labute approximate surface area is 176 Å². The Kier molecular flexibility index (Phi) is 4.21. The van der Waals surface area contributed by atoms with Crippen molar-refractivity contribution in [2.45, 2.75) is 13.8 Å². The summed E-state index contributed by atoms with van der Waals surface area (Å²) in [5, 5.41) is 8.79. The van der Waals surface area contributed by atoms with Gasteiger partial charge in [0.15, 0.2) is 11.4 Å². The average Bonchev–Trinajstić information content (AvgIpc) is 3.36. The summed E-state index contributed by atoms with van der Waals surface area (Å²) in [7, 11) is 1.78. The molecular formula is C23H18N4O4. The van der Waals surface area contributed by atoms with Crippen LogP contribution in [0.2, 0.25) is 0 Å². The summed E-state index contributed by atoms with van der Waals surface area (Å²) in [5.74, 6) is 0.225. The van der Waals surface area contributed by atoms with Crippen LogP contribution in [0.3, 0.4) is 0 Å². The fourth-order valence-corrected chi connectivity index (χ4v) is 3.78.